The molecule has 7 nitrogen and oxygen atoms in total. The van der Waals surface area contributed by atoms with E-state index in [4.69, 9.17) is 9.47 Å². The summed E-state index contributed by atoms with van der Waals surface area (Å²) in [6.45, 7) is 2.10. The van der Waals surface area contributed by atoms with Crippen LogP contribution in [0.2, 0.25) is 0 Å². The number of Topliss-reactive ketones (excluding diaryl/α,β-unsaturated/α-hetero) is 1. The van der Waals surface area contributed by atoms with Crippen LogP contribution >= 0.6 is 0 Å². The highest BCUT2D eigenvalue weighted by atomic mass is 16.5. The third-order valence-electron chi connectivity index (χ3n) is 6.43. The number of aromatic hydroxyl groups is 1. The number of hydrogen-bond acceptors (Lipinski definition) is 6. The van der Waals surface area contributed by atoms with Crippen LogP contribution in [-0.4, -0.2) is 35.6 Å². The smallest absolute Gasteiger partial charge is 0.300 e. The Morgan fingerprint density at radius 3 is 2.41 bits per heavy atom. The second kappa shape index (κ2) is 9.70. The Labute approximate surface area is 213 Å². The van der Waals surface area contributed by atoms with Gasteiger partial charge < -0.3 is 19.7 Å². The first-order valence-corrected chi connectivity index (χ1v) is 11.8. The van der Waals surface area contributed by atoms with Crippen molar-refractivity contribution in [3.8, 4) is 17.2 Å². The van der Waals surface area contributed by atoms with Gasteiger partial charge in [0.15, 0.2) is 11.5 Å². The molecule has 7 heteroatoms. The van der Waals surface area contributed by atoms with Crippen LogP contribution in [0.4, 0.5) is 5.69 Å². The molecule has 1 aliphatic heterocycles. The van der Waals surface area contributed by atoms with Crippen LogP contribution in [0.5, 0.6) is 17.2 Å². The molecular formula is C30H25NO6. The molecule has 0 aliphatic carbocycles. The number of phenolic OH excluding ortho intramolecular Hbond substituents is 1. The number of aliphatic hydroxyl groups is 1. The van der Waals surface area contributed by atoms with Crippen molar-refractivity contribution in [3.05, 3.63) is 102 Å². The fourth-order valence-corrected chi connectivity index (χ4v) is 4.69. The number of carbonyl (C=O) groups is 2. The van der Waals surface area contributed by atoms with E-state index >= 15 is 0 Å². The van der Waals surface area contributed by atoms with Crippen molar-refractivity contribution >= 4 is 33.9 Å². The summed E-state index contributed by atoms with van der Waals surface area (Å²) in [6, 6.07) is 23.4. The fraction of sp³-hybridized carbons (Fsp3) is 0.133. The van der Waals surface area contributed by atoms with E-state index < -0.39 is 17.7 Å². The van der Waals surface area contributed by atoms with Gasteiger partial charge in [-0.25, -0.2) is 0 Å². The number of carbonyl (C=O) groups excluding carboxylic acids is 2. The van der Waals surface area contributed by atoms with Gasteiger partial charge in [0.2, 0.25) is 0 Å². The summed E-state index contributed by atoms with van der Waals surface area (Å²) < 4.78 is 10.8. The molecule has 1 amide bonds. The number of amides is 1. The second-order valence-electron chi connectivity index (χ2n) is 8.56. The van der Waals surface area contributed by atoms with Crippen molar-refractivity contribution in [2.75, 3.05) is 18.6 Å². The Bertz CT molecular complexity index is 1530. The minimum Gasteiger partial charge on any atom is -0.507 e. The number of hydrogen-bond donors (Lipinski definition) is 2. The molecule has 0 bridgehead atoms. The normalized spacial score (nSPS) is 16.8. The molecule has 1 fully saturated rings. The van der Waals surface area contributed by atoms with Crippen LogP contribution in [0, 0.1) is 0 Å². The highest BCUT2D eigenvalue weighted by molar-refractivity contribution is 6.52. The lowest BCUT2D eigenvalue weighted by Crippen LogP contribution is -2.29. The highest BCUT2D eigenvalue weighted by Crippen LogP contribution is 2.45. The van der Waals surface area contributed by atoms with Crippen molar-refractivity contribution in [3.63, 3.8) is 0 Å². The maximum Gasteiger partial charge on any atom is 0.300 e. The monoisotopic (exact) mass is 495 g/mol. The van der Waals surface area contributed by atoms with E-state index in [0.29, 0.717) is 29.2 Å². The predicted molar refractivity (Wildman–Crippen MR) is 141 cm³/mol. The molecule has 186 valence electrons. The van der Waals surface area contributed by atoms with Gasteiger partial charge in [0.05, 0.1) is 31.0 Å². The molecule has 0 saturated carbocycles. The number of fused-ring (bicyclic) bond motifs is 1. The molecule has 4 aromatic rings. The van der Waals surface area contributed by atoms with Crippen LogP contribution in [-0.2, 0) is 9.59 Å². The van der Waals surface area contributed by atoms with E-state index in [9.17, 15) is 19.8 Å². The standard InChI is InChI=1S/C30H25NO6/c1-3-37-25-17-20(13-16-24(25)32)27-26(28(33)19-11-14-21(36-2)15-12-19)29(34)30(35)31(27)23-10-6-8-18-7-4-5-9-22(18)23/h4-17,27,32-33H,3H2,1-2H3/b28-26+. The van der Waals surface area contributed by atoms with Gasteiger partial charge in [-0.05, 0) is 60.3 Å². The van der Waals surface area contributed by atoms with Gasteiger partial charge in [0, 0.05) is 10.9 Å². The van der Waals surface area contributed by atoms with Crippen LogP contribution in [0.1, 0.15) is 24.1 Å². The lowest BCUT2D eigenvalue weighted by atomic mass is 9.94. The van der Waals surface area contributed by atoms with Gasteiger partial charge in [-0.15, -0.1) is 0 Å². The number of ketones is 1. The van der Waals surface area contributed by atoms with E-state index in [2.05, 4.69) is 0 Å². The van der Waals surface area contributed by atoms with Gasteiger partial charge in [0.1, 0.15) is 11.5 Å². The van der Waals surface area contributed by atoms with Crippen LogP contribution < -0.4 is 14.4 Å². The number of methoxy groups -OCH3 is 1. The molecule has 5 rings (SSSR count). The Hall–Kier alpha value is -4.78. The zero-order chi connectivity index (χ0) is 26.1. The first kappa shape index (κ1) is 23.9. The van der Waals surface area contributed by atoms with E-state index in [1.54, 1.807) is 49.4 Å². The molecule has 0 radical (unpaired) electrons. The lowest BCUT2D eigenvalue weighted by molar-refractivity contribution is -0.132. The van der Waals surface area contributed by atoms with Gasteiger partial charge >= 0.3 is 0 Å². The number of rotatable bonds is 6. The number of aliphatic hydroxyl groups excluding tert-OH is 1. The lowest BCUT2D eigenvalue weighted by Gasteiger charge is -2.27. The zero-order valence-corrected chi connectivity index (χ0v) is 20.3. The summed E-state index contributed by atoms with van der Waals surface area (Å²) in [7, 11) is 1.53. The number of nitrogens with zero attached hydrogens (tertiary/aromatic N) is 1. The molecule has 37 heavy (non-hydrogen) atoms. The number of phenols is 1. The first-order chi connectivity index (χ1) is 17.9. The van der Waals surface area contributed by atoms with Crippen molar-refractivity contribution in [1.82, 2.24) is 0 Å². The van der Waals surface area contributed by atoms with Gasteiger partial charge in [-0.1, -0.05) is 42.5 Å². The first-order valence-electron chi connectivity index (χ1n) is 11.8. The third kappa shape index (κ3) is 4.14. The van der Waals surface area contributed by atoms with E-state index in [1.165, 1.54) is 18.1 Å². The Morgan fingerprint density at radius 2 is 1.68 bits per heavy atom. The number of benzene rings is 4. The van der Waals surface area contributed by atoms with Crippen molar-refractivity contribution in [1.29, 1.82) is 0 Å². The topological polar surface area (TPSA) is 96.3 Å². The SMILES string of the molecule is CCOc1cc(C2/C(=C(\O)c3ccc(OC)cc3)C(=O)C(=O)N2c2cccc3ccccc23)ccc1O. The fourth-order valence-electron chi connectivity index (χ4n) is 4.69. The Kier molecular flexibility index (Phi) is 6.27. The molecule has 0 aromatic heterocycles. The Balaban J connectivity index is 1.77. The molecule has 4 aromatic carbocycles. The zero-order valence-electron chi connectivity index (χ0n) is 20.3. The number of anilines is 1. The summed E-state index contributed by atoms with van der Waals surface area (Å²) in [5, 5.41) is 23.3. The molecule has 2 N–H and O–H groups in total. The minimum atomic E-state index is -0.965. The quantitative estimate of drug-likeness (QED) is 0.206. The number of ether oxygens (including phenoxy) is 2. The van der Waals surface area contributed by atoms with Crippen molar-refractivity contribution in [2.24, 2.45) is 0 Å². The molecule has 1 saturated heterocycles. The Morgan fingerprint density at radius 1 is 0.946 bits per heavy atom. The average molecular weight is 496 g/mol. The average Bonchev–Trinajstić information content (AvgIpc) is 3.19. The molecular weight excluding hydrogens is 470 g/mol. The summed E-state index contributed by atoms with van der Waals surface area (Å²) in [4.78, 5) is 28.5. The summed E-state index contributed by atoms with van der Waals surface area (Å²) in [5.41, 5.74) is 1.34. The van der Waals surface area contributed by atoms with Crippen molar-refractivity contribution in [2.45, 2.75) is 13.0 Å². The maximum atomic E-state index is 13.6. The third-order valence-corrected chi connectivity index (χ3v) is 6.43. The predicted octanol–water partition coefficient (Wildman–Crippen LogP) is 5.58. The van der Waals surface area contributed by atoms with E-state index in [1.807, 2.05) is 36.4 Å². The van der Waals surface area contributed by atoms with Gasteiger partial charge in [-0.3, -0.25) is 14.5 Å². The van der Waals surface area contributed by atoms with Gasteiger partial charge in [-0.2, -0.15) is 0 Å². The van der Waals surface area contributed by atoms with Crippen LogP contribution in [0.25, 0.3) is 16.5 Å². The maximum absolute atomic E-state index is 13.6. The summed E-state index contributed by atoms with van der Waals surface area (Å²) >= 11 is 0. The van der Waals surface area contributed by atoms with Crippen LogP contribution in [0.3, 0.4) is 0 Å². The molecule has 1 aliphatic rings. The summed E-state index contributed by atoms with van der Waals surface area (Å²) in [6.07, 6.45) is 0. The molecule has 1 heterocycles. The second-order valence-corrected chi connectivity index (χ2v) is 8.56. The van der Waals surface area contributed by atoms with Gasteiger partial charge in [0.25, 0.3) is 11.7 Å². The van der Waals surface area contributed by atoms with Crippen molar-refractivity contribution < 1.29 is 29.3 Å². The molecule has 1 unspecified atom stereocenters. The minimum absolute atomic E-state index is 0.0590. The van der Waals surface area contributed by atoms with E-state index in [0.717, 1.165) is 10.8 Å². The molecule has 1 atom stereocenters. The van der Waals surface area contributed by atoms with E-state index in [-0.39, 0.29) is 22.8 Å². The molecule has 0 spiro atoms. The van der Waals surface area contributed by atoms with Crippen LogP contribution in [0.15, 0.2) is 90.5 Å². The highest BCUT2D eigenvalue weighted by Gasteiger charge is 2.47. The summed E-state index contributed by atoms with van der Waals surface area (Å²) in [5.74, 6) is -1.14. The largest absolute Gasteiger partial charge is 0.507 e.